The molecule has 0 unspecified atom stereocenters. The molecule has 0 atom stereocenters. The van der Waals surface area contributed by atoms with E-state index in [9.17, 15) is 4.79 Å². The molecule has 82 valence electrons. The van der Waals surface area contributed by atoms with Crippen molar-refractivity contribution in [1.29, 1.82) is 0 Å². The highest BCUT2D eigenvalue weighted by Crippen LogP contribution is 2.19. The van der Waals surface area contributed by atoms with Gasteiger partial charge in [-0.25, -0.2) is 0 Å². The Hall–Kier alpha value is -1.58. The third-order valence-electron chi connectivity index (χ3n) is 2.32. The van der Waals surface area contributed by atoms with Crippen LogP contribution in [0.2, 0.25) is 0 Å². The second-order valence-corrected chi connectivity index (χ2v) is 3.30. The van der Waals surface area contributed by atoms with Crippen molar-refractivity contribution in [3.05, 3.63) is 23.4 Å². The molecule has 4 nitrogen and oxygen atoms in total. The first-order chi connectivity index (χ1) is 7.19. The Morgan fingerprint density at radius 3 is 2.73 bits per heavy atom. The highest BCUT2D eigenvalue weighted by molar-refractivity contribution is 6.11. The molecule has 1 aliphatic carbocycles. The number of carboxylic acid groups (broad SMARTS) is 1. The Morgan fingerprint density at radius 1 is 1.53 bits per heavy atom. The molecule has 1 rings (SSSR count). The van der Waals surface area contributed by atoms with Crippen molar-refractivity contribution in [2.24, 2.45) is 4.99 Å². The highest BCUT2D eigenvalue weighted by Gasteiger charge is 2.15. The molecular weight excluding hydrogens is 192 g/mol. The van der Waals surface area contributed by atoms with Crippen LogP contribution in [-0.2, 0) is 4.79 Å². The maximum atomic E-state index is 10.7. The monoisotopic (exact) mass is 208 g/mol. The van der Waals surface area contributed by atoms with E-state index >= 15 is 0 Å². The van der Waals surface area contributed by atoms with Crippen LogP contribution in [0.5, 0.6) is 0 Å². The summed E-state index contributed by atoms with van der Waals surface area (Å²) in [6.45, 7) is 0. The van der Waals surface area contributed by atoms with Crippen LogP contribution in [-0.4, -0.2) is 30.9 Å². The first kappa shape index (κ1) is 11.5. The van der Waals surface area contributed by atoms with E-state index in [4.69, 9.17) is 5.11 Å². The van der Waals surface area contributed by atoms with E-state index in [1.54, 1.807) is 7.05 Å². The summed E-state index contributed by atoms with van der Waals surface area (Å²) in [7, 11) is 3.46. The van der Waals surface area contributed by atoms with Gasteiger partial charge in [0.25, 0.3) is 0 Å². The molecule has 1 aliphatic rings. The van der Waals surface area contributed by atoms with Gasteiger partial charge >= 0.3 is 5.97 Å². The standard InChI is InChI=1S/C11H16N2O2/c1-12-9-6-4-3-5-8(9)10(13-2)7-11(14)15/h5-6,12H,3-4,7H2,1-2H3,(H,14,15)/b13-10+. The Labute approximate surface area is 89.4 Å². The van der Waals surface area contributed by atoms with E-state index < -0.39 is 5.97 Å². The molecule has 0 saturated heterocycles. The van der Waals surface area contributed by atoms with E-state index in [0.717, 1.165) is 24.1 Å². The van der Waals surface area contributed by atoms with E-state index in [-0.39, 0.29) is 6.42 Å². The molecule has 15 heavy (non-hydrogen) atoms. The lowest BCUT2D eigenvalue weighted by Crippen LogP contribution is -2.19. The molecule has 0 fully saturated rings. The summed E-state index contributed by atoms with van der Waals surface area (Å²) in [6, 6.07) is 0. The number of allylic oxidation sites excluding steroid dienone is 3. The number of hydrogen-bond acceptors (Lipinski definition) is 3. The van der Waals surface area contributed by atoms with Gasteiger partial charge < -0.3 is 10.4 Å². The lowest BCUT2D eigenvalue weighted by molar-refractivity contribution is -0.135. The smallest absolute Gasteiger partial charge is 0.309 e. The molecule has 0 aliphatic heterocycles. The molecule has 0 heterocycles. The van der Waals surface area contributed by atoms with Gasteiger partial charge in [0, 0.05) is 25.4 Å². The van der Waals surface area contributed by atoms with Crippen LogP contribution in [0.4, 0.5) is 0 Å². The van der Waals surface area contributed by atoms with Gasteiger partial charge in [0.1, 0.15) is 0 Å². The summed E-state index contributed by atoms with van der Waals surface area (Å²) in [5.41, 5.74) is 2.53. The van der Waals surface area contributed by atoms with E-state index in [0.29, 0.717) is 5.71 Å². The molecule has 0 aromatic carbocycles. The van der Waals surface area contributed by atoms with Crippen molar-refractivity contribution < 1.29 is 9.90 Å². The molecule has 2 N–H and O–H groups in total. The summed E-state index contributed by atoms with van der Waals surface area (Å²) in [6.07, 6.45) is 6.02. The fourth-order valence-electron chi connectivity index (χ4n) is 1.62. The van der Waals surface area contributed by atoms with Crippen molar-refractivity contribution in [1.82, 2.24) is 5.32 Å². The average Bonchev–Trinajstić information content (AvgIpc) is 2.25. The minimum atomic E-state index is -0.850. The fourth-order valence-corrected chi connectivity index (χ4v) is 1.62. The maximum Gasteiger partial charge on any atom is 0.309 e. The van der Waals surface area contributed by atoms with Crippen molar-refractivity contribution in [2.75, 3.05) is 14.1 Å². The van der Waals surface area contributed by atoms with E-state index in [1.165, 1.54) is 0 Å². The fraction of sp³-hybridized carbons (Fsp3) is 0.455. The van der Waals surface area contributed by atoms with Gasteiger partial charge in [0.05, 0.1) is 12.1 Å². The number of carbonyl (C=O) groups is 1. The van der Waals surface area contributed by atoms with Crippen LogP contribution >= 0.6 is 0 Å². The third-order valence-corrected chi connectivity index (χ3v) is 2.32. The van der Waals surface area contributed by atoms with Gasteiger partial charge in [0.2, 0.25) is 0 Å². The van der Waals surface area contributed by atoms with E-state index in [2.05, 4.69) is 16.4 Å². The molecule has 0 aromatic rings. The predicted octanol–water partition coefficient (Wildman–Crippen LogP) is 1.36. The molecule has 0 bridgehead atoms. The van der Waals surface area contributed by atoms with Crippen LogP contribution in [0.15, 0.2) is 28.4 Å². The van der Waals surface area contributed by atoms with Gasteiger partial charge in [-0.2, -0.15) is 0 Å². The summed E-state index contributed by atoms with van der Waals surface area (Å²) in [5.74, 6) is -0.850. The predicted molar refractivity (Wildman–Crippen MR) is 60.1 cm³/mol. The number of carboxylic acids is 1. The van der Waals surface area contributed by atoms with Gasteiger partial charge in [-0.3, -0.25) is 9.79 Å². The zero-order valence-corrected chi connectivity index (χ0v) is 9.08. The number of aliphatic carboxylic acids is 1. The van der Waals surface area contributed by atoms with Crippen LogP contribution in [0.1, 0.15) is 19.3 Å². The number of nitrogens with zero attached hydrogens (tertiary/aromatic N) is 1. The summed E-state index contributed by atoms with van der Waals surface area (Å²) < 4.78 is 0. The molecule has 4 heteroatoms. The molecule has 0 radical (unpaired) electrons. The number of hydrogen-bond donors (Lipinski definition) is 2. The Bertz CT molecular complexity index is 340. The minimum absolute atomic E-state index is 0.0264. The van der Waals surface area contributed by atoms with Gasteiger partial charge in [-0.1, -0.05) is 12.2 Å². The number of aliphatic imine (C=N–C) groups is 1. The quantitative estimate of drug-likeness (QED) is 0.686. The van der Waals surface area contributed by atoms with Crippen molar-refractivity contribution in [3.8, 4) is 0 Å². The Kier molecular flexibility index (Phi) is 4.09. The topological polar surface area (TPSA) is 61.7 Å². The highest BCUT2D eigenvalue weighted by atomic mass is 16.4. The van der Waals surface area contributed by atoms with Crippen molar-refractivity contribution >= 4 is 11.7 Å². The van der Waals surface area contributed by atoms with E-state index in [1.807, 2.05) is 13.1 Å². The summed E-state index contributed by atoms with van der Waals surface area (Å²) in [5, 5.41) is 11.8. The van der Waals surface area contributed by atoms with Crippen molar-refractivity contribution in [3.63, 3.8) is 0 Å². The zero-order valence-electron chi connectivity index (χ0n) is 9.08. The lowest BCUT2D eigenvalue weighted by atomic mass is 9.97. The second kappa shape index (κ2) is 5.34. The second-order valence-electron chi connectivity index (χ2n) is 3.30. The molecular formula is C11H16N2O2. The number of likely N-dealkylation sites (N-methyl/N-ethyl adjacent to an activating group) is 1. The largest absolute Gasteiger partial charge is 0.481 e. The van der Waals surface area contributed by atoms with Gasteiger partial charge in [0.15, 0.2) is 0 Å². The van der Waals surface area contributed by atoms with Gasteiger partial charge in [-0.05, 0) is 12.8 Å². The average molecular weight is 208 g/mol. The number of nitrogens with one attached hydrogen (secondary N) is 1. The Morgan fingerprint density at radius 2 is 2.20 bits per heavy atom. The molecule has 0 amide bonds. The summed E-state index contributed by atoms with van der Waals surface area (Å²) >= 11 is 0. The van der Waals surface area contributed by atoms with Crippen LogP contribution in [0.25, 0.3) is 0 Å². The third kappa shape index (κ3) is 2.94. The van der Waals surface area contributed by atoms with Crippen LogP contribution in [0, 0.1) is 0 Å². The Balaban J connectivity index is 2.89. The summed E-state index contributed by atoms with van der Waals surface area (Å²) in [4.78, 5) is 14.7. The maximum absolute atomic E-state index is 10.7. The first-order valence-electron chi connectivity index (χ1n) is 4.95. The van der Waals surface area contributed by atoms with Crippen LogP contribution in [0.3, 0.4) is 0 Å². The molecule has 0 spiro atoms. The molecule has 0 saturated carbocycles. The molecule has 0 aromatic heterocycles. The SMILES string of the molecule is C/N=C(\CC(=O)O)C1=CCCC=C1NC. The normalized spacial score (nSPS) is 16.8. The van der Waals surface area contributed by atoms with Gasteiger partial charge in [-0.15, -0.1) is 0 Å². The first-order valence-corrected chi connectivity index (χ1v) is 4.95. The van der Waals surface area contributed by atoms with Crippen molar-refractivity contribution in [2.45, 2.75) is 19.3 Å². The zero-order chi connectivity index (χ0) is 11.3. The van der Waals surface area contributed by atoms with Crippen LogP contribution < -0.4 is 5.32 Å². The minimum Gasteiger partial charge on any atom is -0.481 e. The number of rotatable bonds is 4. The lowest BCUT2D eigenvalue weighted by Gasteiger charge is -2.16.